The number of nitrogens with two attached hydrogens (primary N) is 1. The summed E-state index contributed by atoms with van der Waals surface area (Å²) in [6.45, 7) is 7.77. The quantitative estimate of drug-likeness (QED) is 0.766. The first-order valence-electron chi connectivity index (χ1n) is 7.43. The van der Waals surface area contributed by atoms with Crippen LogP contribution in [0.1, 0.15) is 41.0 Å². The van der Waals surface area contributed by atoms with E-state index in [1.54, 1.807) is 0 Å². The summed E-state index contributed by atoms with van der Waals surface area (Å²) in [6.07, 6.45) is 2.75. The lowest BCUT2D eigenvalue weighted by Gasteiger charge is -2.11. The molecule has 5 heteroatoms. The molecule has 114 valence electrons. The second kappa shape index (κ2) is 7.22. The fourth-order valence-corrected chi connectivity index (χ4v) is 2.50. The topological polar surface area (TPSA) is 77.0 Å². The summed E-state index contributed by atoms with van der Waals surface area (Å²) in [6, 6.07) is 4.86. The summed E-state index contributed by atoms with van der Waals surface area (Å²) in [5.41, 5.74) is 10.6. The fourth-order valence-electron chi connectivity index (χ4n) is 2.50. The van der Waals surface area contributed by atoms with Crippen molar-refractivity contribution in [3.63, 3.8) is 0 Å². The molecule has 0 aliphatic carbocycles. The number of rotatable bonds is 7. The van der Waals surface area contributed by atoms with Crippen LogP contribution in [0.2, 0.25) is 0 Å². The van der Waals surface area contributed by atoms with E-state index < -0.39 is 0 Å². The van der Waals surface area contributed by atoms with Crippen LogP contribution in [0.3, 0.4) is 0 Å². The van der Waals surface area contributed by atoms with Gasteiger partial charge in [-0.25, -0.2) is 0 Å². The number of unbranched alkanes of at least 4 members (excludes halogenated alkanes) is 1. The van der Waals surface area contributed by atoms with Gasteiger partial charge in [0.1, 0.15) is 0 Å². The Morgan fingerprint density at radius 3 is 2.48 bits per heavy atom. The Bertz CT molecular complexity index is 569. The standard InChI is InChI=1S/C16H24N4O/c1-11-8-12(2)14(13(3)9-11)10-18-16-20-19-15(21-16)6-4-5-7-17/h8-9H,4-7,10,17H2,1-3H3,(H,18,20). The van der Waals surface area contributed by atoms with Gasteiger partial charge in [0.05, 0.1) is 0 Å². The second-order valence-electron chi connectivity index (χ2n) is 5.48. The Labute approximate surface area is 125 Å². The number of benzene rings is 1. The number of aryl methyl sites for hydroxylation is 4. The van der Waals surface area contributed by atoms with Gasteiger partial charge in [-0.15, -0.1) is 5.10 Å². The molecule has 5 nitrogen and oxygen atoms in total. The molecular weight excluding hydrogens is 264 g/mol. The van der Waals surface area contributed by atoms with Crippen LogP contribution < -0.4 is 11.1 Å². The lowest BCUT2D eigenvalue weighted by atomic mass is 10.00. The van der Waals surface area contributed by atoms with Gasteiger partial charge >= 0.3 is 6.01 Å². The van der Waals surface area contributed by atoms with Gasteiger partial charge in [-0.05, 0) is 56.8 Å². The molecule has 0 bridgehead atoms. The third-order valence-corrected chi connectivity index (χ3v) is 3.57. The Balaban J connectivity index is 1.94. The van der Waals surface area contributed by atoms with Crippen LogP contribution in [0.25, 0.3) is 0 Å². The van der Waals surface area contributed by atoms with E-state index in [0.29, 0.717) is 25.0 Å². The number of nitrogens with zero attached hydrogens (tertiary/aromatic N) is 2. The van der Waals surface area contributed by atoms with E-state index in [1.165, 1.54) is 22.3 Å². The predicted octanol–water partition coefficient (Wildman–Crippen LogP) is 2.89. The number of anilines is 1. The first-order valence-corrected chi connectivity index (χ1v) is 7.43. The van der Waals surface area contributed by atoms with Gasteiger partial charge in [0.25, 0.3) is 0 Å². The first-order chi connectivity index (χ1) is 10.1. The summed E-state index contributed by atoms with van der Waals surface area (Å²) in [4.78, 5) is 0. The number of hydrogen-bond acceptors (Lipinski definition) is 5. The van der Waals surface area contributed by atoms with Crippen LogP contribution >= 0.6 is 0 Å². The molecule has 2 aromatic rings. The zero-order valence-corrected chi connectivity index (χ0v) is 13.1. The molecule has 0 radical (unpaired) electrons. The van der Waals surface area contributed by atoms with Crippen LogP contribution in [0.5, 0.6) is 0 Å². The highest BCUT2D eigenvalue weighted by atomic mass is 16.4. The van der Waals surface area contributed by atoms with Gasteiger partial charge in [-0.1, -0.05) is 22.8 Å². The van der Waals surface area contributed by atoms with E-state index in [1.807, 2.05) is 0 Å². The van der Waals surface area contributed by atoms with Crippen molar-refractivity contribution in [1.29, 1.82) is 0 Å². The van der Waals surface area contributed by atoms with E-state index in [4.69, 9.17) is 10.2 Å². The molecule has 0 amide bonds. The normalized spacial score (nSPS) is 10.9. The second-order valence-corrected chi connectivity index (χ2v) is 5.48. The Morgan fingerprint density at radius 2 is 1.81 bits per heavy atom. The fraction of sp³-hybridized carbons (Fsp3) is 0.500. The molecular formula is C16H24N4O. The van der Waals surface area contributed by atoms with E-state index >= 15 is 0 Å². The summed E-state index contributed by atoms with van der Waals surface area (Å²) in [5.74, 6) is 0.670. The summed E-state index contributed by atoms with van der Waals surface area (Å²) < 4.78 is 5.58. The molecule has 0 saturated carbocycles. The van der Waals surface area contributed by atoms with Crippen molar-refractivity contribution in [2.75, 3.05) is 11.9 Å². The van der Waals surface area contributed by atoms with Gasteiger partial charge in [0.2, 0.25) is 5.89 Å². The number of nitrogens with one attached hydrogen (secondary N) is 1. The van der Waals surface area contributed by atoms with Crippen LogP contribution in [0.4, 0.5) is 6.01 Å². The lowest BCUT2D eigenvalue weighted by molar-refractivity contribution is 0.493. The maximum absolute atomic E-state index is 5.58. The van der Waals surface area contributed by atoms with Gasteiger partial charge in [-0.3, -0.25) is 0 Å². The zero-order valence-electron chi connectivity index (χ0n) is 13.1. The molecule has 21 heavy (non-hydrogen) atoms. The molecule has 1 aromatic carbocycles. The van der Waals surface area contributed by atoms with Crippen molar-refractivity contribution < 1.29 is 4.42 Å². The molecule has 3 N–H and O–H groups in total. The summed E-state index contributed by atoms with van der Waals surface area (Å²) in [7, 11) is 0. The average Bonchev–Trinajstić information content (AvgIpc) is 2.86. The van der Waals surface area contributed by atoms with Crippen LogP contribution in [-0.4, -0.2) is 16.7 Å². The minimum Gasteiger partial charge on any atom is -0.408 e. The van der Waals surface area contributed by atoms with E-state index in [2.05, 4.69) is 48.4 Å². The summed E-state index contributed by atoms with van der Waals surface area (Å²) in [5, 5.41) is 11.3. The van der Waals surface area contributed by atoms with Crippen molar-refractivity contribution in [3.05, 3.63) is 40.3 Å². The van der Waals surface area contributed by atoms with Gasteiger partial charge in [0, 0.05) is 13.0 Å². The molecule has 0 unspecified atom stereocenters. The third-order valence-electron chi connectivity index (χ3n) is 3.57. The third kappa shape index (κ3) is 4.29. The highest BCUT2D eigenvalue weighted by Crippen LogP contribution is 2.18. The Morgan fingerprint density at radius 1 is 1.10 bits per heavy atom. The average molecular weight is 288 g/mol. The van der Waals surface area contributed by atoms with Crippen molar-refractivity contribution in [2.24, 2.45) is 5.73 Å². The SMILES string of the molecule is Cc1cc(C)c(CNc2nnc(CCCCN)o2)c(C)c1. The smallest absolute Gasteiger partial charge is 0.315 e. The highest BCUT2D eigenvalue weighted by molar-refractivity contribution is 5.39. The molecule has 0 spiro atoms. The van der Waals surface area contributed by atoms with Crippen molar-refractivity contribution in [1.82, 2.24) is 10.2 Å². The maximum Gasteiger partial charge on any atom is 0.315 e. The largest absolute Gasteiger partial charge is 0.408 e. The molecule has 1 heterocycles. The van der Waals surface area contributed by atoms with Crippen LogP contribution in [-0.2, 0) is 13.0 Å². The number of hydrogen-bond donors (Lipinski definition) is 2. The molecule has 0 aliphatic rings. The minimum absolute atomic E-state index is 0.483. The lowest BCUT2D eigenvalue weighted by Crippen LogP contribution is -2.04. The molecule has 2 rings (SSSR count). The van der Waals surface area contributed by atoms with E-state index in [0.717, 1.165) is 19.3 Å². The van der Waals surface area contributed by atoms with Gasteiger partial charge in [-0.2, -0.15) is 0 Å². The van der Waals surface area contributed by atoms with Gasteiger partial charge in [0.15, 0.2) is 0 Å². The van der Waals surface area contributed by atoms with Crippen LogP contribution in [0.15, 0.2) is 16.5 Å². The molecule has 0 atom stereocenters. The van der Waals surface area contributed by atoms with Crippen molar-refractivity contribution in [3.8, 4) is 0 Å². The summed E-state index contributed by atoms with van der Waals surface area (Å²) >= 11 is 0. The maximum atomic E-state index is 5.58. The predicted molar refractivity (Wildman–Crippen MR) is 84.3 cm³/mol. The highest BCUT2D eigenvalue weighted by Gasteiger charge is 2.08. The molecule has 0 saturated heterocycles. The molecule has 1 aromatic heterocycles. The van der Waals surface area contributed by atoms with Crippen molar-refractivity contribution in [2.45, 2.75) is 46.6 Å². The first kappa shape index (κ1) is 15.5. The van der Waals surface area contributed by atoms with Crippen molar-refractivity contribution >= 4 is 6.01 Å². The number of aromatic nitrogens is 2. The van der Waals surface area contributed by atoms with E-state index in [9.17, 15) is 0 Å². The zero-order chi connectivity index (χ0) is 15.2. The molecule has 0 aliphatic heterocycles. The van der Waals surface area contributed by atoms with Crippen LogP contribution in [0, 0.1) is 20.8 Å². The Kier molecular flexibility index (Phi) is 5.33. The monoisotopic (exact) mass is 288 g/mol. The Hall–Kier alpha value is -1.88. The van der Waals surface area contributed by atoms with Gasteiger partial charge < -0.3 is 15.5 Å². The minimum atomic E-state index is 0.483. The molecule has 0 fully saturated rings. The van der Waals surface area contributed by atoms with E-state index in [-0.39, 0.29) is 0 Å².